The normalized spacial score (nSPS) is 10.3. The van der Waals surface area contributed by atoms with E-state index >= 15 is 0 Å². The summed E-state index contributed by atoms with van der Waals surface area (Å²) >= 11 is 0. The third-order valence-corrected chi connectivity index (χ3v) is 4.46. The van der Waals surface area contributed by atoms with Gasteiger partial charge in [-0.05, 0) is 55.7 Å². The van der Waals surface area contributed by atoms with E-state index in [1.165, 1.54) is 0 Å². The summed E-state index contributed by atoms with van der Waals surface area (Å²) < 4.78 is 16.3. The summed E-state index contributed by atoms with van der Waals surface area (Å²) in [6.45, 7) is 7.09. The number of methoxy groups -OCH3 is 2. The number of carbonyl (C=O) groups excluding carboxylic acids is 1. The van der Waals surface area contributed by atoms with Gasteiger partial charge in [0.05, 0.1) is 14.2 Å². The third-order valence-electron chi connectivity index (χ3n) is 4.46. The van der Waals surface area contributed by atoms with Gasteiger partial charge in [-0.1, -0.05) is 18.2 Å². The Morgan fingerprint density at radius 1 is 1.00 bits per heavy atom. The van der Waals surface area contributed by atoms with Crippen molar-refractivity contribution in [2.24, 2.45) is 0 Å². The molecule has 5 heteroatoms. The molecular formula is C21H27NO4. The highest BCUT2D eigenvalue weighted by Gasteiger charge is 2.15. The summed E-state index contributed by atoms with van der Waals surface area (Å²) in [5.74, 6) is 2.02. The number of nitrogens with zero attached hydrogens (tertiary/aromatic N) is 1. The van der Waals surface area contributed by atoms with Crippen LogP contribution in [-0.4, -0.2) is 38.2 Å². The fraction of sp³-hybridized carbons (Fsp3) is 0.381. The lowest BCUT2D eigenvalue weighted by Gasteiger charge is -2.22. The van der Waals surface area contributed by atoms with Crippen molar-refractivity contribution < 1.29 is 19.0 Å². The number of carbonyl (C=O) groups is 1. The molecule has 1 amide bonds. The van der Waals surface area contributed by atoms with Crippen LogP contribution >= 0.6 is 0 Å². The second-order valence-electron chi connectivity index (χ2n) is 6.08. The average molecular weight is 357 g/mol. The summed E-state index contributed by atoms with van der Waals surface area (Å²) in [5, 5.41) is 0. The molecular weight excluding hydrogens is 330 g/mol. The molecule has 0 N–H and O–H groups in total. The van der Waals surface area contributed by atoms with Crippen LogP contribution in [0.2, 0.25) is 0 Å². The number of hydrogen-bond acceptors (Lipinski definition) is 4. The highest BCUT2D eigenvalue weighted by Crippen LogP contribution is 2.28. The van der Waals surface area contributed by atoms with Gasteiger partial charge >= 0.3 is 0 Å². The first-order chi connectivity index (χ1) is 12.5. The summed E-state index contributed by atoms with van der Waals surface area (Å²) in [5.41, 5.74) is 3.18. The zero-order chi connectivity index (χ0) is 19.1. The Bertz CT molecular complexity index is 758. The number of hydrogen-bond donors (Lipinski definition) is 0. The maximum atomic E-state index is 12.6. The lowest BCUT2D eigenvalue weighted by Crippen LogP contribution is -2.34. The molecule has 2 aromatic rings. The van der Waals surface area contributed by atoms with Crippen molar-refractivity contribution in [2.45, 2.75) is 27.3 Å². The number of likely N-dealkylation sites (N-methyl/N-ethyl adjacent to an activating group) is 1. The van der Waals surface area contributed by atoms with E-state index in [2.05, 4.69) is 0 Å². The molecule has 0 unspecified atom stereocenters. The van der Waals surface area contributed by atoms with Gasteiger partial charge in [0.15, 0.2) is 18.1 Å². The predicted octanol–water partition coefficient (Wildman–Crippen LogP) is 3.75. The van der Waals surface area contributed by atoms with Crippen molar-refractivity contribution in [3.8, 4) is 17.2 Å². The van der Waals surface area contributed by atoms with Gasteiger partial charge in [-0.3, -0.25) is 4.79 Å². The van der Waals surface area contributed by atoms with Crippen molar-refractivity contribution in [2.75, 3.05) is 27.4 Å². The minimum Gasteiger partial charge on any atom is -0.493 e. The van der Waals surface area contributed by atoms with Gasteiger partial charge < -0.3 is 19.1 Å². The van der Waals surface area contributed by atoms with E-state index in [0.29, 0.717) is 24.6 Å². The smallest absolute Gasteiger partial charge is 0.260 e. The Balaban J connectivity index is 2.03. The molecule has 0 bridgehead atoms. The van der Waals surface area contributed by atoms with Crippen LogP contribution in [0.3, 0.4) is 0 Å². The molecule has 2 rings (SSSR count). The van der Waals surface area contributed by atoms with E-state index in [1.807, 2.05) is 57.2 Å². The highest BCUT2D eigenvalue weighted by atomic mass is 16.5. The largest absolute Gasteiger partial charge is 0.493 e. The molecule has 0 atom stereocenters. The zero-order valence-corrected chi connectivity index (χ0v) is 16.2. The van der Waals surface area contributed by atoms with Crippen LogP contribution in [0.4, 0.5) is 0 Å². The summed E-state index contributed by atoms with van der Waals surface area (Å²) in [7, 11) is 3.20. The molecule has 26 heavy (non-hydrogen) atoms. The number of ether oxygens (including phenoxy) is 3. The van der Waals surface area contributed by atoms with E-state index in [9.17, 15) is 4.79 Å². The Labute approximate surface area is 155 Å². The first-order valence-electron chi connectivity index (χ1n) is 8.67. The topological polar surface area (TPSA) is 48.0 Å². The zero-order valence-electron chi connectivity index (χ0n) is 16.2. The molecule has 0 spiro atoms. The van der Waals surface area contributed by atoms with Crippen LogP contribution < -0.4 is 14.2 Å². The molecule has 0 saturated carbocycles. The number of amides is 1. The van der Waals surface area contributed by atoms with Gasteiger partial charge in [0.2, 0.25) is 0 Å². The minimum absolute atomic E-state index is 0.0193. The SMILES string of the molecule is CCN(Cc1ccc(OC)c(OC)c1)C(=O)COc1cccc(C)c1C. The second-order valence-corrected chi connectivity index (χ2v) is 6.08. The van der Waals surface area contributed by atoms with E-state index < -0.39 is 0 Å². The quantitative estimate of drug-likeness (QED) is 0.722. The van der Waals surface area contributed by atoms with E-state index in [-0.39, 0.29) is 12.5 Å². The Kier molecular flexibility index (Phi) is 6.89. The van der Waals surface area contributed by atoms with Gasteiger partial charge in [0.1, 0.15) is 5.75 Å². The monoisotopic (exact) mass is 357 g/mol. The molecule has 0 aliphatic heterocycles. The van der Waals surface area contributed by atoms with Crippen LogP contribution in [0.25, 0.3) is 0 Å². The molecule has 140 valence electrons. The molecule has 0 fully saturated rings. The maximum Gasteiger partial charge on any atom is 0.260 e. The van der Waals surface area contributed by atoms with Crippen LogP contribution in [0.5, 0.6) is 17.2 Å². The number of aryl methyl sites for hydroxylation is 1. The third kappa shape index (κ3) is 4.69. The van der Waals surface area contributed by atoms with Crippen LogP contribution in [-0.2, 0) is 11.3 Å². The lowest BCUT2D eigenvalue weighted by molar-refractivity contribution is -0.133. The first kappa shape index (κ1) is 19.6. The van der Waals surface area contributed by atoms with E-state index in [0.717, 1.165) is 22.4 Å². The molecule has 0 radical (unpaired) electrons. The number of rotatable bonds is 8. The molecule has 5 nitrogen and oxygen atoms in total. The second kappa shape index (κ2) is 9.13. The first-order valence-corrected chi connectivity index (χ1v) is 8.67. The van der Waals surface area contributed by atoms with Gasteiger partial charge in [-0.2, -0.15) is 0 Å². The Morgan fingerprint density at radius 2 is 1.73 bits per heavy atom. The van der Waals surface area contributed by atoms with Gasteiger partial charge in [-0.25, -0.2) is 0 Å². The fourth-order valence-electron chi connectivity index (χ4n) is 2.69. The summed E-state index contributed by atoms with van der Waals surface area (Å²) in [6, 6.07) is 11.5. The minimum atomic E-state index is -0.0526. The Morgan fingerprint density at radius 3 is 2.38 bits per heavy atom. The number of benzene rings is 2. The van der Waals surface area contributed by atoms with Crippen LogP contribution in [0.1, 0.15) is 23.6 Å². The Hall–Kier alpha value is -2.69. The van der Waals surface area contributed by atoms with Crippen molar-refractivity contribution in [1.29, 1.82) is 0 Å². The lowest BCUT2D eigenvalue weighted by atomic mass is 10.1. The molecule has 0 aliphatic rings. The van der Waals surface area contributed by atoms with E-state index in [4.69, 9.17) is 14.2 Å². The molecule has 0 heterocycles. The van der Waals surface area contributed by atoms with Crippen molar-refractivity contribution in [3.05, 3.63) is 53.1 Å². The van der Waals surface area contributed by atoms with Crippen molar-refractivity contribution >= 4 is 5.91 Å². The maximum absolute atomic E-state index is 12.6. The van der Waals surface area contributed by atoms with Gasteiger partial charge in [-0.15, -0.1) is 0 Å². The van der Waals surface area contributed by atoms with Gasteiger partial charge in [0, 0.05) is 13.1 Å². The standard InChI is InChI=1S/C21H27NO4/c1-6-22(13-17-10-11-19(24-4)20(12-17)25-5)21(23)14-26-18-9-7-8-15(2)16(18)3/h7-12H,6,13-14H2,1-5H3. The highest BCUT2D eigenvalue weighted by molar-refractivity contribution is 5.77. The summed E-state index contributed by atoms with van der Waals surface area (Å²) in [6.07, 6.45) is 0. The molecule has 0 aliphatic carbocycles. The summed E-state index contributed by atoms with van der Waals surface area (Å²) in [4.78, 5) is 14.3. The van der Waals surface area contributed by atoms with Gasteiger partial charge in [0.25, 0.3) is 5.91 Å². The van der Waals surface area contributed by atoms with Crippen molar-refractivity contribution in [1.82, 2.24) is 4.90 Å². The van der Waals surface area contributed by atoms with Crippen LogP contribution in [0, 0.1) is 13.8 Å². The average Bonchev–Trinajstić information content (AvgIpc) is 2.66. The van der Waals surface area contributed by atoms with E-state index in [1.54, 1.807) is 19.1 Å². The predicted molar refractivity (Wildman–Crippen MR) is 102 cm³/mol. The molecule has 0 aromatic heterocycles. The fourth-order valence-corrected chi connectivity index (χ4v) is 2.69. The molecule has 0 saturated heterocycles. The molecule has 2 aromatic carbocycles. The van der Waals surface area contributed by atoms with Crippen LogP contribution in [0.15, 0.2) is 36.4 Å². The van der Waals surface area contributed by atoms with Crippen molar-refractivity contribution in [3.63, 3.8) is 0 Å².